The number of amides is 1. The maximum Gasteiger partial charge on any atom is 0.255 e. The van der Waals surface area contributed by atoms with Crippen LogP contribution >= 0.6 is 0 Å². The first-order chi connectivity index (χ1) is 13.0. The van der Waals surface area contributed by atoms with Gasteiger partial charge in [-0.3, -0.25) is 4.79 Å². The third-order valence-electron chi connectivity index (χ3n) is 4.08. The molecule has 2 N–H and O–H groups in total. The highest BCUT2D eigenvalue weighted by molar-refractivity contribution is 6.04. The lowest BCUT2D eigenvalue weighted by Gasteiger charge is -2.13. The summed E-state index contributed by atoms with van der Waals surface area (Å²) in [6, 6.07) is 17.4. The molecule has 0 aliphatic rings. The SMILES string of the molecule is CN(C)c1ccc(NC(=O)c2ccnc(NCc3ccccc3F)c2)cc1. The molecular weight excluding hydrogens is 343 g/mol. The number of nitrogens with zero attached hydrogens (tertiary/aromatic N) is 2. The number of hydrogen-bond donors (Lipinski definition) is 2. The van der Waals surface area contributed by atoms with Crippen LogP contribution in [0.2, 0.25) is 0 Å². The number of nitrogens with one attached hydrogen (secondary N) is 2. The summed E-state index contributed by atoms with van der Waals surface area (Å²) in [6.07, 6.45) is 1.55. The minimum absolute atomic E-state index is 0.232. The van der Waals surface area contributed by atoms with Gasteiger partial charge in [0.2, 0.25) is 0 Å². The first kappa shape index (κ1) is 18.4. The van der Waals surface area contributed by atoms with Crippen LogP contribution in [0.5, 0.6) is 0 Å². The Labute approximate surface area is 157 Å². The van der Waals surface area contributed by atoms with Crippen molar-refractivity contribution in [1.82, 2.24) is 4.98 Å². The van der Waals surface area contributed by atoms with Crippen molar-refractivity contribution in [2.45, 2.75) is 6.54 Å². The van der Waals surface area contributed by atoms with Gasteiger partial charge in [-0.05, 0) is 42.5 Å². The molecule has 0 aliphatic heterocycles. The Morgan fingerprint density at radius 3 is 2.52 bits per heavy atom. The van der Waals surface area contributed by atoms with Gasteiger partial charge in [-0.15, -0.1) is 0 Å². The van der Waals surface area contributed by atoms with Crippen LogP contribution in [-0.4, -0.2) is 25.0 Å². The van der Waals surface area contributed by atoms with Crippen LogP contribution in [0, 0.1) is 5.82 Å². The molecule has 1 heterocycles. The summed E-state index contributed by atoms with van der Waals surface area (Å²) in [5.41, 5.74) is 2.77. The molecule has 3 aromatic rings. The number of carbonyl (C=O) groups is 1. The molecule has 5 nitrogen and oxygen atoms in total. The highest BCUT2D eigenvalue weighted by Gasteiger charge is 2.08. The standard InChI is InChI=1S/C21H21FN4O/c1-26(2)18-9-7-17(8-10-18)25-21(27)15-11-12-23-20(13-15)24-14-16-5-3-4-6-19(16)22/h3-13H,14H2,1-2H3,(H,23,24)(H,25,27). The zero-order valence-corrected chi connectivity index (χ0v) is 15.2. The molecule has 0 fully saturated rings. The Morgan fingerprint density at radius 2 is 1.81 bits per heavy atom. The monoisotopic (exact) mass is 364 g/mol. The number of hydrogen-bond acceptors (Lipinski definition) is 4. The molecule has 1 amide bonds. The van der Waals surface area contributed by atoms with E-state index >= 15 is 0 Å². The number of rotatable bonds is 6. The zero-order chi connectivity index (χ0) is 19.2. The third-order valence-corrected chi connectivity index (χ3v) is 4.08. The maximum atomic E-state index is 13.7. The molecule has 0 unspecified atom stereocenters. The van der Waals surface area contributed by atoms with E-state index in [2.05, 4.69) is 15.6 Å². The van der Waals surface area contributed by atoms with E-state index in [-0.39, 0.29) is 18.3 Å². The highest BCUT2D eigenvalue weighted by Crippen LogP contribution is 2.17. The summed E-state index contributed by atoms with van der Waals surface area (Å²) in [5.74, 6) is -0.00197. The Bertz CT molecular complexity index is 925. The van der Waals surface area contributed by atoms with Crippen LogP contribution in [0.4, 0.5) is 21.6 Å². The van der Waals surface area contributed by atoms with E-state index in [0.29, 0.717) is 22.6 Å². The van der Waals surface area contributed by atoms with Crippen molar-refractivity contribution in [3.63, 3.8) is 0 Å². The van der Waals surface area contributed by atoms with Crippen LogP contribution < -0.4 is 15.5 Å². The largest absolute Gasteiger partial charge is 0.378 e. The van der Waals surface area contributed by atoms with Gasteiger partial charge >= 0.3 is 0 Å². The Balaban J connectivity index is 1.65. The van der Waals surface area contributed by atoms with Gasteiger partial charge in [-0.2, -0.15) is 0 Å². The Kier molecular flexibility index (Phi) is 5.66. The van der Waals surface area contributed by atoms with Crippen molar-refractivity contribution >= 4 is 23.1 Å². The van der Waals surface area contributed by atoms with Crippen molar-refractivity contribution in [2.24, 2.45) is 0 Å². The second-order valence-corrected chi connectivity index (χ2v) is 6.27. The normalized spacial score (nSPS) is 10.3. The average molecular weight is 364 g/mol. The van der Waals surface area contributed by atoms with E-state index in [0.717, 1.165) is 5.69 Å². The number of halogens is 1. The maximum absolute atomic E-state index is 13.7. The summed E-state index contributed by atoms with van der Waals surface area (Å²) in [5, 5.41) is 5.91. The van der Waals surface area contributed by atoms with E-state index in [1.54, 1.807) is 36.5 Å². The predicted octanol–water partition coefficient (Wildman–Crippen LogP) is 4.15. The van der Waals surface area contributed by atoms with Gasteiger partial charge in [-0.1, -0.05) is 18.2 Å². The molecule has 138 valence electrons. The zero-order valence-electron chi connectivity index (χ0n) is 15.2. The minimum atomic E-state index is -0.278. The summed E-state index contributed by atoms with van der Waals surface area (Å²) in [6.45, 7) is 0.288. The molecule has 0 saturated carbocycles. The molecule has 3 rings (SSSR count). The van der Waals surface area contributed by atoms with Crippen molar-refractivity contribution in [1.29, 1.82) is 0 Å². The molecule has 0 aliphatic carbocycles. The molecule has 0 saturated heterocycles. The van der Waals surface area contributed by atoms with Crippen molar-refractivity contribution in [3.05, 3.63) is 83.8 Å². The van der Waals surface area contributed by atoms with E-state index in [9.17, 15) is 9.18 Å². The number of benzene rings is 2. The van der Waals surface area contributed by atoms with Crippen molar-refractivity contribution in [3.8, 4) is 0 Å². The number of carbonyl (C=O) groups excluding carboxylic acids is 1. The van der Waals surface area contributed by atoms with Gasteiger partial charge in [0.1, 0.15) is 11.6 Å². The molecule has 0 atom stereocenters. The van der Waals surface area contributed by atoms with Crippen LogP contribution in [0.25, 0.3) is 0 Å². The molecule has 0 radical (unpaired) electrons. The first-order valence-electron chi connectivity index (χ1n) is 8.55. The molecule has 0 bridgehead atoms. The fourth-order valence-electron chi connectivity index (χ4n) is 2.54. The number of pyridine rings is 1. The molecule has 6 heteroatoms. The molecular formula is C21H21FN4O. The molecule has 2 aromatic carbocycles. The first-order valence-corrected chi connectivity index (χ1v) is 8.55. The fourth-order valence-corrected chi connectivity index (χ4v) is 2.54. The van der Waals surface area contributed by atoms with Crippen LogP contribution in [0.3, 0.4) is 0 Å². The van der Waals surface area contributed by atoms with E-state index in [4.69, 9.17) is 0 Å². The van der Waals surface area contributed by atoms with Crippen LogP contribution in [-0.2, 0) is 6.54 Å². The van der Waals surface area contributed by atoms with Gasteiger partial charge in [-0.25, -0.2) is 9.37 Å². The smallest absolute Gasteiger partial charge is 0.255 e. The second-order valence-electron chi connectivity index (χ2n) is 6.27. The van der Waals surface area contributed by atoms with Gasteiger partial charge in [0.15, 0.2) is 0 Å². The molecule has 27 heavy (non-hydrogen) atoms. The lowest BCUT2D eigenvalue weighted by atomic mass is 10.2. The van der Waals surface area contributed by atoms with Gasteiger partial charge in [0.25, 0.3) is 5.91 Å². The number of anilines is 3. The van der Waals surface area contributed by atoms with Crippen molar-refractivity contribution < 1.29 is 9.18 Å². The quantitative estimate of drug-likeness (QED) is 0.690. The minimum Gasteiger partial charge on any atom is -0.378 e. The van der Waals surface area contributed by atoms with Crippen LogP contribution in [0.15, 0.2) is 66.9 Å². The topological polar surface area (TPSA) is 57.3 Å². The van der Waals surface area contributed by atoms with E-state index in [1.807, 2.05) is 43.3 Å². The Hall–Kier alpha value is -3.41. The second kappa shape index (κ2) is 8.31. The summed E-state index contributed by atoms with van der Waals surface area (Å²) >= 11 is 0. The van der Waals surface area contributed by atoms with Gasteiger partial charge in [0.05, 0.1) is 0 Å². The van der Waals surface area contributed by atoms with Crippen LogP contribution in [0.1, 0.15) is 15.9 Å². The summed E-state index contributed by atoms with van der Waals surface area (Å²) < 4.78 is 13.7. The van der Waals surface area contributed by atoms with Crippen molar-refractivity contribution in [2.75, 3.05) is 29.6 Å². The molecule has 1 aromatic heterocycles. The average Bonchev–Trinajstić information content (AvgIpc) is 2.68. The third kappa shape index (κ3) is 4.82. The molecule has 0 spiro atoms. The lowest BCUT2D eigenvalue weighted by molar-refractivity contribution is 0.102. The fraction of sp³-hybridized carbons (Fsp3) is 0.143. The summed E-state index contributed by atoms with van der Waals surface area (Å²) in [4.78, 5) is 18.6. The Morgan fingerprint density at radius 1 is 1.07 bits per heavy atom. The van der Waals surface area contributed by atoms with Gasteiger partial charge < -0.3 is 15.5 Å². The predicted molar refractivity (Wildman–Crippen MR) is 107 cm³/mol. The highest BCUT2D eigenvalue weighted by atomic mass is 19.1. The summed E-state index contributed by atoms with van der Waals surface area (Å²) in [7, 11) is 3.92. The lowest BCUT2D eigenvalue weighted by Crippen LogP contribution is -2.13. The van der Waals surface area contributed by atoms with E-state index < -0.39 is 0 Å². The number of aromatic nitrogens is 1. The van der Waals surface area contributed by atoms with E-state index in [1.165, 1.54) is 6.07 Å². The van der Waals surface area contributed by atoms with Gasteiger partial charge in [0, 0.05) is 49.3 Å².